The van der Waals surface area contributed by atoms with Crippen molar-refractivity contribution in [3.05, 3.63) is 35.7 Å². The van der Waals surface area contributed by atoms with Crippen LogP contribution in [-0.4, -0.2) is 10.3 Å². The van der Waals surface area contributed by atoms with E-state index in [1.54, 1.807) is 0 Å². The number of aromatic nitrogens is 1. The van der Waals surface area contributed by atoms with E-state index in [1.807, 2.05) is 26.1 Å². The Morgan fingerprint density at radius 1 is 1.43 bits per heavy atom. The van der Waals surface area contributed by atoms with Crippen molar-refractivity contribution in [1.82, 2.24) is 4.98 Å². The number of rotatable bonds is 1. The molecule has 0 aromatic carbocycles. The Bertz CT molecular complexity index is 318. The van der Waals surface area contributed by atoms with E-state index in [9.17, 15) is 0 Å². The molecule has 1 heterocycles. The molecule has 0 spiro atoms. The van der Waals surface area contributed by atoms with Gasteiger partial charge in [0, 0.05) is 11.5 Å². The molecule has 0 aliphatic heterocycles. The van der Waals surface area contributed by atoms with Crippen LogP contribution in [0.25, 0.3) is 5.57 Å². The van der Waals surface area contributed by atoms with Crippen molar-refractivity contribution in [1.29, 1.82) is 0 Å². The van der Waals surface area contributed by atoms with E-state index in [0.29, 0.717) is 0 Å². The van der Waals surface area contributed by atoms with Gasteiger partial charge < -0.3 is 0 Å². The fourth-order valence-corrected chi connectivity index (χ4v) is 2.04. The predicted octanol–water partition coefficient (Wildman–Crippen LogP) is 3.83. The van der Waals surface area contributed by atoms with Gasteiger partial charge in [-0.25, -0.2) is 0 Å². The van der Waals surface area contributed by atoms with Gasteiger partial charge in [-0.15, -0.1) is 0 Å². The SMILES string of the molecule is BrCC1=CCCc2cccnc21.CC. The van der Waals surface area contributed by atoms with Crippen LogP contribution in [0.4, 0.5) is 0 Å². The number of nitrogens with zero attached hydrogens (tertiary/aromatic N) is 1. The number of hydrogen-bond acceptors (Lipinski definition) is 1. The molecule has 0 fully saturated rings. The van der Waals surface area contributed by atoms with E-state index >= 15 is 0 Å². The fourth-order valence-electron chi connectivity index (χ4n) is 1.55. The highest BCUT2D eigenvalue weighted by atomic mass is 79.9. The molecule has 1 nitrogen and oxygen atoms in total. The number of halogens is 1. The summed E-state index contributed by atoms with van der Waals surface area (Å²) in [6.45, 7) is 4.00. The first-order valence-electron chi connectivity index (χ1n) is 5.11. The molecule has 14 heavy (non-hydrogen) atoms. The van der Waals surface area contributed by atoms with Crippen LogP contribution in [0.2, 0.25) is 0 Å². The quantitative estimate of drug-likeness (QED) is 0.694. The van der Waals surface area contributed by atoms with Gasteiger partial charge in [0.1, 0.15) is 0 Å². The Hall–Kier alpha value is -0.630. The summed E-state index contributed by atoms with van der Waals surface area (Å²) in [6, 6.07) is 4.17. The molecule has 76 valence electrons. The summed E-state index contributed by atoms with van der Waals surface area (Å²) in [5.74, 6) is 0. The molecule has 0 bridgehead atoms. The van der Waals surface area contributed by atoms with Crippen LogP contribution in [0, 0.1) is 0 Å². The second kappa shape index (κ2) is 5.97. The lowest BCUT2D eigenvalue weighted by Gasteiger charge is -2.13. The third-order valence-electron chi connectivity index (χ3n) is 2.14. The molecule has 0 saturated carbocycles. The smallest absolute Gasteiger partial charge is 0.0698 e. The van der Waals surface area contributed by atoms with E-state index in [1.165, 1.54) is 16.8 Å². The fraction of sp³-hybridized carbons (Fsp3) is 0.417. The van der Waals surface area contributed by atoms with Crippen molar-refractivity contribution < 1.29 is 0 Å². The zero-order valence-electron chi connectivity index (χ0n) is 8.76. The minimum atomic E-state index is 0.914. The Kier molecular flexibility index (Phi) is 4.88. The number of hydrogen-bond donors (Lipinski definition) is 0. The van der Waals surface area contributed by atoms with Gasteiger partial charge in [0.15, 0.2) is 0 Å². The molecule has 0 unspecified atom stereocenters. The molecule has 2 heteroatoms. The summed E-state index contributed by atoms with van der Waals surface area (Å²) in [7, 11) is 0. The molecule has 0 N–H and O–H groups in total. The summed E-state index contributed by atoms with van der Waals surface area (Å²) in [6.07, 6.45) is 6.42. The summed E-state index contributed by atoms with van der Waals surface area (Å²) < 4.78 is 0. The summed E-state index contributed by atoms with van der Waals surface area (Å²) in [5.41, 5.74) is 3.90. The van der Waals surface area contributed by atoms with Gasteiger partial charge in [-0.3, -0.25) is 4.98 Å². The third-order valence-corrected chi connectivity index (χ3v) is 2.75. The topological polar surface area (TPSA) is 12.9 Å². The first-order valence-corrected chi connectivity index (χ1v) is 6.23. The van der Waals surface area contributed by atoms with Gasteiger partial charge in [-0.2, -0.15) is 0 Å². The molecule has 1 aliphatic rings. The average molecular weight is 254 g/mol. The van der Waals surface area contributed by atoms with E-state index in [2.05, 4.69) is 33.1 Å². The minimum absolute atomic E-state index is 0.914. The van der Waals surface area contributed by atoms with Crippen molar-refractivity contribution in [2.75, 3.05) is 5.33 Å². The second-order valence-electron chi connectivity index (χ2n) is 2.91. The summed E-state index contributed by atoms with van der Waals surface area (Å²) in [4.78, 5) is 4.37. The maximum atomic E-state index is 4.37. The monoisotopic (exact) mass is 253 g/mol. The standard InChI is InChI=1S/C10H10BrN.C2H6/c11-7-9-4-1-3-8-5-2-6-12-10(8)9;1-2/h2,4-6H,1,3,7H2;1-2H3. The van der Waals surface area contributed by atoms with E-state index < -0.39 is 0 Å². The molecule has 2 rings (SSSR count). The molecule has 0 radical (unpaired) electrons. The first kappa shape index (κ1) is 11.4. The van der Waals surface area contributed by atoms with E-state index in [-0.39, 0.29) is 0 Å². The van der Waals surface area contributed by atoms with Crippen molar-refractivity contribution in [2.24, 2.45) is 0 Å². The summed E-state index contributed by atoms with van der Waals surface area (Å²) in [5, 5.41) is 0.914. The van der Waals surface area contributed by atoms with Crippen LogP contribution in [0.15, 0.2) is 24.4 Å². The van der Waals surface area contributed by atoms with Crippen molar-refractivity contribution >= 4 is 21.5 Å². The van der Waals surface area contributed by atoms with Crippen molar-refractivity contribution in [2.45, 2.75) is 26.7 Å². The lowest BCUT2D eigenvalue weighted by molar-refractivity contribution is 0.953. The number of pyridine rings is 1. The van der Waals surface area contributed by atoms with E-state index in [4.69, 9.17) is 0 Å². The molecule has 1 aliphatic carbocycles. The van der Waals surface area contributed by atoms with Crippen molar-refractivity contribution in [3.63, 3.8) is 0 Å². The maximum absolute atomic E-state index is 4.37. The average Bonchev–Trinajstić information content (AvgIpc) is 2.31. The van der Waals surface area contributed by atoms with Gasteiger partial charge in [-0.05, 0) is 30.0 Å². The van der Waals surface area contributed by atoms with Crippen LogP contribution >= 0.6 is 15.9 Å². The van der Waals surface area contributed by atoms with Crippen LogP contribution in [-0.2, 0) is 6.42 Å². The Labute approximate surface area is 94.4 Å². The molecule has 0 atom stereocenters. The van der Waals surface area contributed by atoms with Gasteiger partial charge in [0.05, 0.1) is 5.69 Å². The zero-order chi connectivity index (χ0) is 10.4. The highest BCUT2D eigenvalue weighted by Crippen LogP contribution is 2.24. The maximum Gasteiger partial charge on any atom is 0.0698 e. The van der Waals surface area contributed by atoms with Crippen molar-refractivity contribution in [3.8, 4) is 0 Å². The first-order chi connectivity index (χ1) is 6.92. The lowest BCUT2D eigenvalue weighted by Crippen LogP contribution is -2.02. The molecule has 0 saturated heterocycles. The molecular formula is C12H16BrN. The Morgan fingerprint density at radius 2 is 2.21 bits per heavy atom. The Balaban J connectivity index is 0.000000461. The van der Waals surface area contributed by atoms with Crippen LogP contribution < -0.4 is 0 Å². The number of aryl methyl sites for hydroxylation is 1. The van der Waals surface area contributed by atoms with Gasteiger partial charge >= 0.3 is 0 Å². The van der Waals surface area contributed by atoms with Crippen LogP contribution in [0.1, 0.15) is 31.5 Å². The molecule has 1 aromatic rings. The molecular weight excluding hydrogens is 238 g/mol. The van der Waals surface area contributed by atoms with Gasteiger partial charge in [-0.1, -0.05) is 41.9 Å². The van der Waals surface area contributed by atoms with Crippen LogP contribution in [0.3, 0.4) is 0 Å². The van der Waals surface area contributed by atoms with Gasteiger partial charge in [0.25, 0.3) is 0 Å². The second-order valence-corrected chi connectivity index (χ2v) is 3.47. The largest absolute Gasteiger partial charge is 0.256 e. The lowest BCUT2D eigenvalue weighted by atomic mass is 9.97. The highest BCUT2D eigenvalue weighted by molar-refractivity contribution is 9.09. The summed E-state index contributed by atoms with van der Waals surface area (Å²) >= 11 is 3.47. The van der Waals surface area contributed by atoms with Crippen LogP contribution in [0.5, 0.6) is 0 Å². The minimum Gasteiger partial charge on any atom is -0.256 e. The molecule has 1 aromatic heterocycles. The third kappa shape index (κ3) is 2.44. The zero-order valence-corrected chi connectivity index (χ0v) is 10.3. The number of allylic oxidation sites excluding steroid dienone is 2. The molecule has 0 amide bonds. The predicted molar refractivity (Wildman–Crippen MR) is 65.7 cm³/mol. The van der Waals surface area contributed by atoms with Gasteiger partial charge in [0.2, 0.25) is 0 Å². The Morgan fingerprint density at radius 3 is 2.93 bits per heavy atom. The normalized spacial score (nSPS) is 13.5. The van der Waals surface area contributed by atoms with E-state index in [0.717, 1.165) is 18.2 Å². The number of fused-ring (bicyclic) bond motifs is 1. The highest BCUT2D eigenvalue weighted by Gasteiger charge is 2.11. The number of alkyl halides is 1.